The molecule has 0 amide bonds. The summed E-state index contributed by atoms with van der Waals surface area (Å²) < 4.78 is 5.66. The van der Waals surface area contributed by atoms with E-state index in [-0.39, 0.29) is 6.10 Å². The molecule has 1 aromatic rings. The minimum Gasteiger partial charge on any atom is -0.491 e. The molecule has 2 nitrogen and oxygen atoms in total. The van der Waals surface area contributed by atoms with Crippen LogP contribution in [0.15, 0.2) is 24.3 Å². The molecule has 1 aromatic carbocycles. The smallest absolute Gasteiger partial charge is 0.120 e. The Kier molecular flexibility index (Phi) is 5.33. The first-order chi connectivity index (χ1) is 7.61. The van der Waals surface area contributed by atoms with Gasteiger partial charge in [-0.15, -0.1) is 0 Å². The van der Waals surface area contributed by atoms with Gasteiger partial charge >= 0.3 is 0 Å². The van der Waals surface area contributed by atoms with Gasteiger partial charge in [-0.2, -0.15) is 0 Å². The summed E-state index contributed by atoms with van der Waals surface area (Å²) in [5, 5.41) is 3.47. The molecule has 0 radical (unpaired) electrons. The lowest BCUT2D eigenvalue weighted by atomic mass is 10.2. The molecule has 0 aromatic heterocycles. The van der Waals surface area contributed by atoms with Crippen LogP contribution in [0.5, 0.6) is 5.75 Å². The normalized spacial score (nSPS) is 12.8. The lowest BCUT2D eigenvalue weighted by molar-refractivity contribution is 0.242. The molecule has 0 fully saturated rings. The van der Waals surface area contributed by atoms with Crippen molar-refractivity contribution in [2.45, 2.75) is 52.8 Å². The van der Waals surface area contributed by atoms with Gasteiger partial charge in [0, 0.05) is 12.6 Å². The van der Waals surface area contributed by atoms with E-state index in [0.717, 1.165) is 18.7 Å². The first kappa shape index (κ1) is 13.0. The van der Waals surface area contributed by atoms with E-state index < -0.39 is 0 Å². The number of rotatable bonds is 6. The zero-order valence-corrected chi connectivity index (χ0v) is 10.8. The fraction of sp³-hybridized carbons (Fsp3) is 0.571. The SMILES string of the molecule is CCC(C)NCc1cccc(OC(C)C)c1. The van der Waals surface area contributed by atoms with Crippen molar-refractivity contribution in [1.29, 1.82) is 0 Å². The summed E-state index contributed by atoms with van der Waals surface area (Å²) >= 11 is 0. The second-order valence-corrected chi connectivity index (χ2v) is 4.50. The van der Waals surface area contributed by atoms with Gasteiger partial charge in [0.2, 0.25) is 0 Å². The number of benzene rings is 1. The first-order valence-corrected chi connectivity index (χ1v) is 6.10. The monoisotopic (exact) mass is 221 g/mol. The van der Waals surface area contributed by atoms with Crippen LogP contribution in [-0.2, 0) is 6.54 Å². The summed E-state index contributed by atoms with van der Waals surface area (Å²) in [7, 11) is 0. The van der Waals surface area contributed by atoms with Crippen molar-refractivity contribution < 1.29 is 4.74 Å². The van der Waals surface area contributed by atoms with Crippen molar-refractivity contribution in [3.63, 3.8) is 0 Å². The second-order valence-electron chi connectivity index (χ2n) is 4.50. The Labute approximate surface area is 99.0 Å². The minimum absolute atomic E-state index is 0.234. The average molecular weight is 221 g/mol. The summed E-state index contributed by atoms with van der Waals surface area (Å²) in [6, 6.07) is 8.85. The summed E-state index contributed by atoms with van der Waals surface area (Å²) in [4.78, 5) is 0. The molecule has 0 aliphatic rings. The number of ether oxygens (including phenoxy) is 1. The number of hydrogen-bond donors (Lipinski definition) is 1. The van der Waals surface area contributed by atoms with Crippen LogP contribution < -0.4 is 10.1 Å². The summed E-state index contributed by atoms with van der Waals surface area (Å²) in [6.07, 6.45) is 1.39. The second kappa shape index (κ2) is 6.54. The van der Waals surface area contributed by atoms with Gasteiger partial charge in [0.15, 0.2) is 0 Å². The van der Waals surface area contributed by atoms with Gasteiger partial charge in [0.1, 0.15) is 5.75 Å². The Hall–Kier alpha value is -1.02. The van der Waals surface area contributed by atoms with Gasteiger partial charge in [0.25, 0.3) is 0 Å². The molecule has 1 rings (SSSR count). The number of hydrogen-bond acceptors (Lipinski definition) is 2. The van der Waals surface area contributed by atoms with Crippen molar-refractivity contribution in [3.05, 3.63) is 29.8 Å². The maximum Gasteiger partial charge on any atom is 0.120 e. The molecule has 1 unspecified atom stereocenters. The highest BCUT2D eigenvalue weighted by Gasteiger charge is 2.01. The van der Waals surface area contributed by atoms with Gasteiger partial charge in [-0.1, -0.05) is 19.1 Å². The molecule has 0 saturated heterocycles. The molecule has 90 valence electrons. The standard InChI is InChI=1S/C14H23NO/c1-5-12(4)15-10-13-7-6-8-14(9-13)16-11(2)3/h6-9,11-12,15H,5,10H2,1-4H3. The summed E-state index contributed by atoms with van der Waals surface area (Å²) in [6.45, 7) is 9.39. The Bertz CT molecular complexity index is 309. The van der Waals surface area contributed by atoms with Gasteiger partial charge in [-0.25, -0.2) is 0 Å². The molecule has 2 heteroatoms. The Balaban J connectivity index is 2.53. The van der Waals surface area contributed by atoms with Crippen molar-refractivity contribution in [1.82, 2.24) is 5.32 Å². The maximum atomic E-state index is 5.66. The van der Waals surface area contributed by atoms with Crippen LogP contribution in [0.4, 0.5) is 0 Å². The largest absolute Gasteiger partial charge is 0.491 e. The Morgan fingerprint density at radius 2 is 2.00 bits per heavy atom. The molecule has 1 atom stereocenters. The highest BCUT2D eigenvalue weighted by atomic mass is 16.5. The molecule has 0 aliphatic carbocycles. The highest BCUT2D eigenvalue weighted by molar-refractivity contribution is 5.28. The summed E-state index contributed by atoms with van der Waals surface area (Å²) in [5.41, 5.74) is 1.28. The fourth-order valence-electron chi connectivity index (χ4n) is 1.44. The van der Waals surface area contributed by atoms with E-state index in [1.165, 1.54) is 5.56 Å². The van der Waals surface area contributed by atoms with E-state index in [1.54, 1.807) is 0 Å². The van der Waals surface area contributed by atoms with Gasteiger partial charge in [-0.05, 0) is 44.9 Å². The van der Waals surface area contributed by atoms with Crippen molar-refractivity contribution in [3.8, 4) is 5.75 Å². The maximum absolute atomic E-state index is 5.66. The molecule has 0 bridgehead atoms. The van der Waals surface area contributed by atoms with E-state index in [0.29, 0.717) is 6.04 Å². The summed E-state index contributed by atoms with van der Waals surface area (Å²) in [5.74, 6) is 0.957. The molecular formula is C14H23NO. The zero-order valence-electron chi connectivity index (χ0n) is 10.8. The van der Waals surface area contributed by atoms with Gasteiger partial charge < -0.3 is 10.1 Å². The lowest BCUT2D eigenvalue weighted by Gasteiger charge is -2.13. The van der Waals surface area contributed by atoms with Crippen LogP contribution in [0, 0.1) is 0 Å². The van der Waals surface area contributed by atoms with Crippen LogP contribution in [-0.4, -0.2) is 12.1 Å². The molecule has 0 saturated carbocycles. The third-order valence-electron chi connectivity index (χ3n) is 2.54. The van der Waals surface area contributed by atoms with Crippen molar-refractivity contribution >= 4 is 0 Å². The first-order valence-electron chi connectivity index (χ1n) is 6.10. The third-order valence-corrected chi connectivity index (χ3v) is 2.54. The molecule has 0 heterocycles. The van der Waals surface area contributed by atoms with E-state index in [1.807, 2.05) is 26.0 Å². The molecule has 0 aliphatic heterocycles. The van der Waals surface area contributed by atoms with Crippen molar-refractivity contribution in [2.24, 2.45) is 0 Å². The average Bonchev–Trinajstić information content (AvgIpc) is 2.25. The fourth-order valence-corrected chi connectivity index (χ4v) is 1.44. The van der Waals surface area contributed by atoms with Crippen LogP contribution in [0.25, 0.3) is 0 Å². The van der Waals surface area contributed by atoms with E-state index in [4.69, 9.17) is 4.74 Å². The van der Waals surface area contributed by atoms with Crippen LogP contribution >= 0.6 is 0 Å². The topological polar surface area (TPSA) is 21.3 Å². The van der Waals surface area contributed by atoms with E-state index >= 15 is 0 Å². The lowest BCUT2D eigenvalue weighted by Crippen LogP contribution is -2.24. The van der Waals surface area contributed by atoms with Crippen molar-refractivity contribution in [2.75, 3.05) is 0 Å². The van der Waals surface area contributed by atoms with Crippen LogP contribution in [0.3, 0.4) is 0 Å². The van der Waals surface area contributed by atoms with Gasteiger partial charge in [-0.3, -0.25) is 0 Å². The number of nitrogens with one attached hydrogen (secondary N) is 1. The zero-order chi connectivity index (χ0) is 12.0. The Morgan fingerprint density at radius 3 is 2.62 bits per heavy atom. The molecule has 1 N–H and O–H groups in total. The minimum atomic E-state index is 0.234. The Morgan fingerprint density at radius 1 is 1.25 bits per heavy atom. The van der Waals surface area contributed by atoms with E-state index in [9.17, 15) is 0 Å². The predicted molar refractivity (Wildman–Crippen MR) is 68.8 cm³/mol. The predicted octanol–water partition coefficient (Wildman–Crippen LogP) is 3.36. The van der Waals surface area contributed by atoms with Crippen LogP contribution in [0.2, 0.25) is 0 Å². The third kappa shape index (κ3) is 4.67. The highest BCUT2D eigenvalue weighted by Crippen LogP contribution is 2.14. The van der Waals surface area contributed by atoms with Crippen LogP contribution in [0.1, 0.15) is 39.7 Å². The van der Waals surface area contributed by atoms with Gasteiger partial charge in [0.05, 0.1) is 6.10 Å². The quantitative estimate of drug-likeness (QED) is 0.795. The van der Waals surface area contributed by atoms with E-state index in [2.05, 4.69) is 31.3 Å². The molecule has 16 heavy (non-hydrogen) atoms. The molecule has 0 spiro atoms. The molecular weight excluding hydrogens is 198 g/mol.